The molecule has 21 heavy (non-hydrogen) atoms. The summed E-state index contributed by atoms with van der Waals surface area (Å²) < 4.78 is 0. The average Bonchev–Trinajstić information content (AvgIpc) is 2.84. The van der Waals surface area contributed by atoms with Crippen molar-refractivity contribution in [3.8, 4) is 0 Å². The minimum atomic E-state index is -0.900. The second-order valence-electron chi connectivity index (χ2n) is 5.77. The topological polar surface area (TPSA) is 40.5 Å². The van der Waals surface area contributed by atoms with Crippen molar-refractivity contribution in [2.24, 2.45) is 5.92 Å². The molecular weight excluding hydrogens is 282 g/mol. The van der Waals surface area contributed by atoms with Crippen LogP contribution in [0.3, 0.4) is 0 Å². The Morgan fingerprint density at radius 1 is 1.33 bits per heavy atom. The summed E-state index contributed by atoms with van der Waals surface area (Å²) in [6, 6.07) is 4.73. The van der Waals surface area contributed by atoms with Gasteiger partial charge in [0.1, 0.15) is 0 Å². The number of hydrogen-bond acceptors (Lipinski definition) is 3. The Hall–Kier alpha value is -1.13. The maximum atomic E-state index is 10.6. The molecule has 1 aromatic rings. The van der Waals surface area contributed by atoms with Crippen molar-refractivity contribution in [1.29, 1.82) is 0 Å². The lowest BCUT2D eigenvalue weighted by Gasteiger charge is -2.31. The molecule has 0 spiro atoms. The third-order valence-corrected chi connectivity index (χ3v) is 4.53. The molecule has 3 nitrogen and oxygen atoms in total. The first-order chi connectivity index (χ1) is 9.96. The Morgan fingerprint density at radius 2 is 2.00 bits per heavy atom. The van der Waals surface area contributed by atoms with Gasteiger partial charge in [0.15, 0.2) is 0 Å². The van der Waals surface area contributed by atoms with E-state index in [1.807, 2.05) is 6.07 Å². The van der Waals surface area contributed by atoms with Crippen molar-refractivity contribution >= 4 is 23.4 Å². The summed E-state index contributed by atoms with van der Waals surface area (Å²) in [5.74, 6) is -0.250. The van der Waals surface area contributed by atoms with E-state index in [0.717, 1.165) is 18.0 Å². The molecular formula is C17H27NO2S. The minimum absolute atomic E-state index is 0.618. The van der Waals surface area contributed by atoms with Crippen LogP contribution < -0.4 is 0 Å². The largest absolute Gasteiger partial charge is 0.478 e. The molecule has 0 unspecified atom stereocenters. The van der Waals surface area contributed by atoms with Gasteiger partial charge in [-0.2, -0.15) is 0 Å². The van der Waals surface area contributed by atoms with E-state index in [0.29, 0.717) is 12.0 Å². The number of carboxylic acid groups (broad SMARTS) is 1. The molecule has 1 N–H and O–H groups in total. The van der Waals surface area contributed by atoms with Gasteiger partial charge in [-0.3, -0.25) is 4.90 Å². The Balaban J connectivity index is 2.76. The minimum Gasteiger partial charge on any atom is -0.478 e. The third kappa shape index (κ3) is 6.44. The van der Waals surface area contributed by atoms with Gasteiger partial charge in [0.2, 0.25) is 0 Å². The molecule has 0 saturated heterocycles. The van der Waals surface area contributed by atoms with Crippen LogP contribution in [0.5, 0.6) is 0 Å². The van der Waals surface area contributed by atoms with E-state index >= 15 is 0 Å². The highest BCUT2D eigenvalue weighted by Gasteiger charge is 2.17. The molecule has 0 aliphatic carbocycles. The highest BCUT2D eigenvalue weighted by atomic mass is 32.1. The van der Waals surface area contributed by atoms with Gasteiger partial charge in [0.25, 0.3) is 0 Å². The van der Waals surface area contributed by atoms with Crippen LogP contribution in [0.4, 0.5) is 0 Å². The van der Waals surface area contributed by atoms with E-state index in [4.69, 9.17) is 5.11 Å². The lowest BCUT2D eigenvalue weighted by atomic mass is 10.1. The van der Waals surface area contributed by atoms with Crippen molar-refractivity contribution in [3.63, 3.8) is 0 Å². The van der Waals surface area contributed by atoms with E-state index in [-0.39, 0.29) is 0 Å². The van der Waals surface area contributed by atoms with E-state index in [2.05, 4.69) is 38.7 Å². The van der Waals surface area contributed by atoms with Gasteiger partial charge in [0, 0.05) is 35.0 Å². The number of carbonyl (C=O) groups is 1. The molecule has 0 amide bonds. The molecule has 118 valence electrons. The maximum absolute atomic E-state index is 10.6. The van der Waals surface area contributed by atoms with Crippen LogP contribution in [0.15, 0.2) is 18.2 Å². The molecule has 0 aliphatic heterocycles. The second-order valence-corrected chi connectivity index (χ2v) is 6.97. The number of carboxylic acids is 1. The van der Waals surface area contributed by atoms with Gasteiger partial charge in [-0.25, -0.2) is 4.79 Å². The maximum Gasteiger partial charge on any atom is 0.328 e. The molecule has 1 rings (SSSR count). The normalized spacial score (nSPS) is 12.1. The smallest absolute Gasteiger partial charge is 0.328 e. The van der Waals surface area contributed by atoms with Gasteiger partial charge in [-0.05, 0) is 37.0 Å². The van der Waals surface area contributed by atoms with Crippen LogP contribution in [0.25, 0.3) is 6.08 Å². The Labute approximate surface area is 132 Å². The van der Waals surface area contributed by atoms with E-state index in [1.54, 1.807) is 17.4 Å². The van der Waals surface area contributed by atoms with Gasteiger partial charge in [-0.1, -0.05) is 27.7 Å². The molecule has 0 aliphatic rings. The second kappa shape index (κ2) is 9.00. The predicted octanol–water partition coefficient (Wildman–Crippen LogP) is 4.49. The molecule has 0 aromatic carbocycles. The fourth-order valence-corrected chi connectivity index (χ4v) is 3.48. The lowest BCUT2D eigenvalue weighted by Crippen LogP contribution is -2.36. The molecule has 0 atom stereocenters. The summed E-state index contributed by atoms with van der Waals surface area (Å²) in [5.41, 5.74) is 0. The number of rotatable bonds is 9. The van der Waals surface area contributed by atoms with Crippen molar-refractivity contribution in [2.75, 3.05) is 6.54 Å². The number of hydrogen-bond donors (Lipinski definition) is 1. The van der Waals surface area contributed by atoms with Gasteiger partial charge in [0.05, 0.1) is 0 Å². The number of thiophene rings is 1. The monoisotopic (exact) mass is 309 g/mol. The summed E-state index contributed by atoms with van der Waals surface area (Å²) in [4.78, 5) is 15.4. The summed E-state index contributed by atoms with van der Waals surface area (Å²) in [7, 11) is 0. The van der Waals surface area contributed by atoms with Crippen LogP contribution in [0.2, 0.25) is 0 Å². The first-order valence-corrected chi connectivity index (χ1v) is 8.51. The molecule has 0 bridgehead atoms. The average molecular weight is 309 g/mol. The van der Waals surface area contributed by atoms with E-state index in [1.165, 1.54) is 23.8 Å². The molecule has 1 aromatic heterocycles. The van der Waals surface area contributed by atoms with Crippen LogP contribution >= 0.6 is 11.3 Å². The van der Waals surface area contributed by atoms with Gasteiger partial charge in [-0.15, -0.1) is 11.3 Å². The predicted molar refractivity (Wildman–Crippen MR) is 90.6 cm³/mol. The highest BCUT2D eigenvalue weighted by Crippen LogP contribution is 2.22. The summed E-state index contributed by atoms with van der Waals surface area (Å²) in [6.07, 6.45) is 5.20. The highest BCUT2D eigenvalue weighted by molar-refractivity contribution is 7.12. The van der Waals surface area contributed by atoms with Crippen LogP contribution in [-0.4, -0.2) is 28.6 Å². The first-order valence-electron chi connectivity index (χ1n) is 7.70. The first kappa shape index (κ1) is 17.9. The molecule has 0 saturated carbocycles. The van der Waals surface area contributed by atoms with Crippen molar-refractivity contribution in [2.45, 2.75) is 53.1 Å². The van der Waals surface area contributed by atoms with Crippen molar-refractivity contribution in [3.05, 3.63) is 28.0 Å². The molecule has 0 fully saturated rings. The van der Waals surface area contributed by atoms with Crippen LogP contribution in [0.1, 0.15) is 50.3 Å². The number of aliphatic carboxylic acids is 1. The number of nitrogens with zero attached hydrogens (tertiary/aromatic N) is 1. The zero-order valence-electron chi connectivity index (χ0n) is 13.5. The van der Waals surface area contributed by atoms with E-state index < -0.39 is 5.97 Å². The standard InChI is InChI=1S/C17H27NO2S/c1-5-14(6-2)18(11-13(3)4)12-16-8-7-15(21-16)9-10-17(19)20/h7-10,13-14H,5-6,11-12H2,1-4H3,(H,19,20). The summed E-state index contributed by atoms with van der Waals surface area (Å²) in [5, 5.41) is 8.67. The zero-order valence-corrected chi connectivity index (χ0v) is 14.3. The summed E-state index contributed by atoms with van der Waals surface area (Å²) >= 11 is 1.68. The lowest BCUT2D eigenvalue weighted by molar-refractivity contribution is -0.131. The van der Waals surface area contributed by atoms with Crippen LogP contribution in [0, 0.1) is 5.92 Å². The Kier molecular flexibility index (Phi) is 7.68. The third-order valence-electron chi connectivity index (χ3n) is 3.49. The van der Waals surface area contributed by atoms with Gasteiger partial charge >= 0.3 is 5.97 Å². The molecule has 0 radical (unpaired) electrons. The van der Waals surface area contributed by atoms with Gasteiger partial charge < -0.3 is 5.11 Å². The molecule has 4 heteroatoms. The summed E-state index contributed by atoms with van der Waals surface area (Å²) in [6.45, 7) is 11.1. The Morgan fingerprint density at radius 3 is 2.52 bits per heavy atom. The Bertz CT molecular complexity index is 461. The SMILES string of the molecule is CCC(CC)N(Cc1ccc(C=CC(=O)O)s1)CC(C)C. The van der Waals surface area contributed by atoms with Crippen LogP contribution in [-0.2, 0) is 11.3 Å². The van der Waals surface area contributed by atoms with Crippen molar-refractivity contribution < 1.29 is 9.90 Å². The molecule has 1 heterocycles. The van der Waals surface area contributed by atoms with E-state index in [9.17, 15) is 4.79 Å². The fourth-order valence-electron chi connectivity index (χ4n) is 2.54. The quantitative estimate of drug-likeness (QED) is 0.683. The van der Waals surface area contributed by atoms with Crippen molar-refractivity contribution in [1.82, 2.24) is 4.90 Å². The zero-order chi connectivity index (χ0) is 15.8. The fraction of sp³-hybridized carbons (Fsp3) is 0.588.